The molecule has 0 saturated carbocycles. The molecule has 1 fully saturated rings. The molecule has 2 atom stereocenters. The molecule has 1 saturated heterocycles. The van der Waals surface area contributed by atoms with Gasteiger partial charge in [-0.1, -0.05) is 29.8 Å². The van der Waals surface area contributed by atoms with Crippen LogP contribution < -0.4 is 10.0 Å². The highest BCUT2D eigenvalue weighted by atomic mass is 32.2. The van der Waals surface area contributed by atoms with Gasteiger partial charge in [-0.15, -0.1) is 0 Å². The maximum atomic E-state index is 12.1. The SMILES string of the molecule is CNSC(=O)NC(=O)CN1CCC(N=S(=O)=O)C1c1ccc(C)cc1. The first-order valence-corrected chi connectivity index (χ1v) is 9.53. The Bertz CT molecular complexity index is 756. The molecule has 0 aliphatic carbocycles. The monoisotopic (exact) mass is 384 g/mol. The number of rotatable bonds is 5. The second-order valence-electron chi connectivity index (χ2n) is 5.65. The predicted molar refractivity (Wildman–Crippen MR) is 95.4 cm³/mol. The molecule has 1 heterocycles. The highest BCUT2D eigenvalue weighted by Gasteiger charge is 2.36. The zero-order valence-corrected chi connectivity index (χ0v) is 15.6. The van der Waals surface area contributed by atoms with Gasteiger partial charge in [0.05, 0.1) is 18.6 Å². The van der Waals surface area contributed by atoms with Gasteiger partial charge in [0.25, 0.3) is 0 Å². The summed E-state index contributed by atoms with van der Waals surface area (Å²) in [5.41, 5.74) is 1.98. The van der Waals surface area contributed by atoms with Gasteiger partial charge in [0.2, 0.25) is 5.91 Å². The summed E-state index contributed by atoms with van der Waals surface area (Å²) in [5.74, 6) is -0.436. The van der Waals surface area contributed by atoms with Crippen molar-refractivity contribution in [1.29, 1.82) is 0 Å². The van der Waals surface area contributed by atoms with E-state index in [1.165, 1.54) is 0 Å². The first kappa shape index (κ1) is 19.6. The molecule has 2 rings (SSSR count). The highest BCUT2D eigenvalue weighted by molar-refractivity contribution is 8.11. The number of benzene rings is 1. The van der Waals surface area contributed by atoms with E-state index < -0.39 is 27.7 Å². The Labute approximate surface area is 152 Å². The van der Waals surface area contributed by atoms with Gasteiger partial charge in [-0.2, -0.15) is 12.8 Å². The second-order valence-corrected chi connectivity index (χ2v) is 7.27. The van der Waals surface area contributed by atoms with E-state index in [4.69, 9.17) is 0 Å². The first-order chi connectivity index (χ1) is 11.9. The molecule has 2 N–H and O–H groups in total. The lowest BCUT2D eigenvalue weighted by molar-refractivity contribution is -0.121. The number of hydrogen-bond acceptors (Lipinski definition) is 8. The third-order valence-electron chi connectivity index (χ3n) is 3.89. The summed E-state index contributed by atoms with van der Waals surface area (Å²) in [5, 5.41) is 1.79. The van der Waals surface area contributed by atoms with E-state index in [1.807, 2.05) is 36.1 Å². The smallest absolute Gasteiger partial charge is 0.285 e. The molecule has 0 spiro atoms. The van der Waals surface area contributed by atoms with E-state index in [0.29, 0.717) is 13.0 Å². The standard InChI is InChI=1S/C15H20N4O4S2/c1-10-3-5-11(6-4-10)14-12(18-25(22)23)7-8-19(14)9-13(20)17-15(21)24-16-2/h3-6,12,14,16H,7-9H2,1-2H3,(H,17,20,21). The van der Waals surface area contributed by atoms with Crippen molar-refractivity contribution in [1.82, 2.24) is 14.9 Å². The number of hydrogen-bond donors (Lipinski definition) is 2. The summed E-state index contributed by atoms with van der Waals surface area (Å²) >= 11 is 0.786. The minimum atomic E-state index is -2.51. The van der Waals surface area contributed by atoms with Crippen LogP contribution >= 0.6 is 11.9 Å². The fourth-order valence-electron chi connectivity index (χ4n) is 2.89. The van der Waals surface area contributed by atoms with Crippen molar-refractivity contribution in [2.75, 3.05) is 20.1 Å². The van der Waals surface area contributed by atoms with Crippen LogP contribution in [0.4, 0.5) is 4.79 Å². The maximum Gasteiger partial charge on any atom is 0.311 e. The van der Waals surface area contributed by atoms with Crippen molar-refractivity contribution >= 4 is 33.6 Å². The largest absolute Gasteiger partial charge is 0.311 e. The lowest BCUT2D eigenvalue weighted by atomic mass is 10.00. The first-order valence-electron chi connectivity index (χ1n) is 7.69. The van der Waals surface area contributed by atoms with E-state index in [1.54, 1.807) is 7.05 Å². The average Bonchev–Trinajstić information content (AvgIpc) is 2.89. The van der Waals surface area contributed by atoms with E-state index in [-0.39, 0.29) is 12.6 Å². The quantitative estimate of drug-likeness (QED) is 0.736. The molecular formula is C15H20N4O4S2. The van der Waals surface area contributed by atoms with Crippen LogP contribution in [-0.4, -0.2) is 50.6 Å². The normalized spacial score (nSPS) is 20.2. The van der Waals surface area contributed by atoms with Crippen LogP contribution in [0.25, 0.3) is 0 Å². The fourth-order valence-corrected chi connectivity index (χ4v) is 3.68. The van der Waals surface area contributed by atoms with E-state index in [9.17, 15) is 18.0 Å². The average molecular weight is 384 g/mol. The number of amides is 2. The van der Waals surface area contributed by atoms with E-state index in [2.05, 4.69) is 14.4 Å². The molecule has 136 valence electrons. The number of likely N-dealkylation sites (tertiary alicyclic amines) is 1. The minimum absolute atomic E-state index is 0.00787. The number of nitrogens with zero attached hydrogens (tertiary/aromatic N) is 2. The molecule has 0 bridgehead atoms. The lowest BCUT2D eigenvalue weighted by Gasteiger charge is -2.26. The summed E-state index contributed by atoms with van der Waals surface area (Å²) in [6.07, 6.45) is 0.527. The molecule has 1 aromatic carbocycles. The topological polar surface area (TPSA) is 108 Å². The third-order valence-corrected chi connectivity index (χ3v) is 4.83. The summed E-state index contributed by atoms with van der Waals surface area (Å²) in [6, 6.07) is 6.92. The van der Waals surface area contributed by atoms with Gasteiger partial charge >= 0.3 is 15.7 Å². The van der Waals surface area contributed by atoms with Crippen molar-refractivity contribution in [3.63, 3.8) is 0 Å². The van der Waals surface area contributed by atoms with Gasteiger partial charge in [-0.3, -0.25) is 24.5 Å². The number of carbonyl (C=O) groups excluding carboxylic acids is 2. The Morgan fingerprint density at radius 1 is 1.32 bits per heavy atom. The predicted octanol–water partition coefficient (Wildman–Crippen LogP) is 1.28. The van der Waals surface area contributed by atoms with Crippen molar-refractivity contribution < 1.29 is 18.0 Å². The molecule has 0 radical (unpaired) electrons. The van der Waals surface area contributed by atoms with E-state index >= 15 is 0 Å². The molecule has 1 aliphatic heterocycles. The molecule has 10 heteroatoms. The molecule has 8 nitrogen and oxygen atoms in total. The zero-order valence-electron chi connectivity index (χ0n) is 13.9. The van der Waals surface area contributed by atoms with Gasteiger partial charge in [0.15, 0.2) is 0 Å². The van der Waals surface area contributed by atoms with Crippen molar-refractivity contribution in [2.45, 2.75) is 25.4 Å². The Morgan fingerprint density at radius 3 is 2.60 bits per heavy atom. The lowest BCUT2D eigenvalue weighted by Crippen LogP contribution is -2.39. The number of imide groups is 1. The van der Waals surface area contributed by atoms with Crippen LogP contribution in [0.1, 0.15) is 23.6 Å². The van der Waals surface area contributed by atoms with Crippen LogP contribution in [0, 0.1) is 6.92 Å². The summed E-state index contributed by atoms with van der Waals surface area (Å²) in [7, 11) is -0.931. The van der Waals surface area contributed by atoms with Crippen molar-refractivity contribution in [2.24, 2.45) is 4.36 Å². The number of nitrogens with one attached hydrogen (secondary N) is 2. The summed E-state index contributed by atoms with van der Waals surface area (Å²) < 4.78 is 28.4. The number of aryl methyl sites for hydroxylation is 1. The van der Waals surface area contributed by atoms with Gasteiger partial charge < -0.3 is 0 Å². The highest BCUT2D eigenvalue weighted by Crippen LogP contribution is 2.34. The van der Waals surface area contributed by atoms with E-state index in [0.717, 1.165) is 23.1 Å². The van der Waals surface area contributed by atoms with Gasteiger partial charge in [0.1, 0.15) is 0 Å². The van der Waals surface area contributed by atoms with Crippen molar-refractivity contribution in [3.8, 4) is 0 Å². The summed E-state index contributed by atoms with van der Waals surface area (Å²) in [6.45, 7) is 2.47. The minimum Gasteiger partial charge on any atom is -0.285 e. The second kappa shape index (κ2) is 9.09. The maximum absolute atomic E-state index is 12.1. The van der Waals surface area contributed by atoms with Crippen LogP contribution in [0.3, 0.4) is 0 Å². The van der Waals surface area contributed by atoms with Crippen LogP contribution in [0.15, 0.2) is 28.6 Å². The number of carbonyl (C=O) groups is 2. The third kappa shape index (κ3) is 5.63. The molecule has 1 aliphatic rings. The molecule has 2 unspecified atom stereocenters. The Morgan fingerprint density at radius 2 is 2.00 bits per heavy atom. The van der Waals surface area contributed by atoms with Crippen molar-refractivity contribution in [3.05, 3.63) is 35.4 Å². The molecule has 2 amide bonds. The molecule has 1 aromatic rings. The Balaban J connectivity index is 2.18. The van der Waals surface area contributed by atoms with Gasteiger partial charge in [-0.25, -0.2) is 0 Å². The van der Waals surface area contributed by atoms with Crippen LogP contribution in [0.5, 0.6) is 0 Å². The zero-order chi connectivity index (χ0) is 18.4. The van der Waals surface area contributed by atoms with Gasteiger partial charge in [0, 0.05) is 18.5 Å². The fraction of sp³-hybridized carbons (Fsp3) is 0.467. The summed E-state index contributed by atoms with van der Waals surface area (Å²) in [4.78, 5) is 25.4. The Hall–Kier alpha value is -1.75. The molecular weight excluding hydrogens is 364 g/mol. The molecule has 25 heavy (non-hydrogen) atoms. The van der Waals surface area contributed by atoms with Gasteiger partial charge in [-0.05, 0) is 26.0 Å². The van der Waals surface area contributed by atoms with Crippen LogP contribution in [0.2, 0.25) is 0 Å². The Kier molecular flexibility index (Phi) is 7.12. The van der Waals surface area contributed by atoms with Crippen LogP contribution in [-0.2, 0) is 15.3 Å². The molecule has 0 aromatic heterocycles.